The summed E-state index contributed by atoms with van der Waals surface area (Å²) >= 11 is 0. The van der Waals surface area contributed by atoms with Gasteiger partial charge in [0.15, 0.2) is 5.78 Å². The molecule has 2 aromatic carbocycles. The predicted octanol–water partition coefficient (Wildman–Crippen LogP) is 3.83. The first-order valence-electron chi connectivity index (χ1n) is 10.4. The van der Waals surface area contributed by atoms with Crippen LogP contribution < -0.4 is 10.4 Å². The Kier molecular flexibility index (Phi) is 8.89. The number of nitrogens with zero attached hydrogens (tertiary/aromatic N) is 3. The number of fused-ring (bicyclic) bond motifs is 1. The van der Waals surface area contributed by atoms with E-state index in [1.54, 1.807) is 30.3 Å². The van der Waals surface area contributed by atoms with E-state index in [9.17, 15) is 9.59 Å². The molecule has 6 nitrogen and oxygen atoms in total. The topological polar surface area (TPSA) is 56.5 Å². The molecule has 0 fully saturated rings. The second-order valence-electron chi connectivity index (χ2n) is 7.85. The Bertz CT molecular complexity index is 1090. The number of benzene rings is 2. The number of halogens is 1. The van der Waals surface area contributed by atoms with Crippen molar-refractivity contribution in [3.8, 4) is 5.75 Å². The van der Waals surface area contributed by atoms with Crippen molar-refractivity contribution in [2.75, 3.05) is 27.2 Å². The number of rotatable bonds is 10. The summed E-state index contributed by atoms with van der Waals surface area (Å²) in [5.74, 6) is 1.06. The van der Waals surface area contributed by atoms with Crippen LogP contribution in [0.2, 0.25) is 0 Å². The Morgan fingerprint density at radius 2 is 1.71 bits per heavy atom. The van der Waals surface area contributed by atoms with Gasteiger partial charge in [0.25, 0.3) is 0 Å². The lowest BCUT2D eigenvalue weighted by Crippen LogP contribution is -2.22. The van der Waals surface area contributed by atoms with Crippen molar-refractivity contribution in [2.45, 2.75) is 25.7 Å². The van der Waals surface area contributed by atoms with Gasteiger partial charge < -0.3 is 9.64 Å². The van der Waals surface area contributed by atoms with Gasteiger partial charge in [-0.1, -0.05) is 18.2 Å². The quantitative estimate of drug-likeness (QED) is 0.351. The molecule has 0 bridgehead atoms. The zero-order chi connectivity index (χ0) is 21.7. The maximum Gasteiger partial charge on any atom is 0.328 e. The molecule has 31 heavy (non-hydrogen) atoms. The summed E-state index contributed by atoms with van der Waals surface area (Å²) in [6.45, 7) is 1.90. The zero-order valence-corrected chi connectivity index (χ0v) is 19.6. The second kappa shape index (κ2) is 11.2. The number of carbonyl (C=O) groups excluding carboxylic acids is 1. The molecule has 0 unspecified atom stereocenters. The zero-order valence-electron chi connectivity index (χ0n) is 18.8. The lowest BCUT2D eigenvalue weighted by molar-refractivity contribution is 0.0978. The standard InChI is InChI=1S/C24H31N3O3.ClH/c1-25(16-14-18-9-5-6-11-23(18)30-4)15-8-7-10-22(28)19-12-13-20-21(17-19)27(3)24(29)26(20)2;/h5-6,9,11-13,17H,7-8,10,14-16H2,1-4H3;1H. The van der Waals surface area contributed by atoms with E-state index in [0.29, 0.717) is 12.0 Å². The molecular formula is C24H32ClN3O3. The minimum atomic E-state index is -0.0780. The summed E-state index contributed by atoms with van der Waals surface area (Å²) < 4.78 is 8.60. The Morgan fingerprint density at radius 1 is 1.00 bits per heavy atom. The molecule has 0 N–H and O–H groups in total. The van der Waals surface area contributed by atoms with Gasteiger partial charge in [0.2, 0.25) is 0 Å². The Labute approximate surface area is 189 Å². The van der Waals surface area contributed by atoms with Crippen LogP contribution in [0.3, 0.4) is 0 Å². The second-order valence-corrected chi connectivity index (χ2v) is 7.85. The average Bonchev–Trinajstić information content (AvgIpc) is 2.98. The molecule has 0 aliphatic heterocycles. The van der Waals surface area contributed by atoms with E-state index >= 15 is 0 Å². The van der Waals surface area contributed by atoms with E-state index in [2.05, 4.69) is 18.0 Å². The number of likely N-dealkylation sites (N-methyl/N-ethyl adjacent to an activating group) is 1. The predicted molar refractivity (Wildman–Crippen MR) is 128 cm³/mol. The van der Waals surface area contributed by atoms with Crippen molar-refractivity contribution in [1.29, 1.82) is 0 Å². The molecule has 1 heterocycles. The number of ketones is 1. The summed E-state index contributed by atoms with van der Waals surface area (Å²) in [7, 11) is 7.30. The third-order valence-electron chi connectivity index (χ3n) is 5.74. The van der Waals surface area contributed by atoms with Gasteiger partial charge in [-0.2, -0.15) is 0 Å². The number of unbranched alkanes of at least 4 members (excludes halogenated alkanes) is 1. The smallest absolute Gasteiger partial charge is 0.328 e. The van der Waals surface area contributed by atoms with Crippen LogP contribution in [0, 0.1) is 0 Å². The summed E-state index contributed by atoms with van der Waals surface area (Å²) in [6, 6.07) is 13.6. The molecule has 168 valence electrons. The number of Topliss-reactive ketones (excluding diaryl/α,β-unsaturated/α-hetero) is 1. The van der Waals surface area contributed by atoms with Gasteiger partial charge in [-0.25, -0.2) is 4.79 Å². The molecule has 7 heteroatoms. The molecule has 0 radical (unpaired) electrons. The summed E-state index contributed by atoms with van der Waals surface area (Å²) in [5.41, 5.74) is 3.45. The number of carbonyl (C=O) groups is 1. The fourth-order valence-corrected chi connectivity index (χ4v) is 3.82. The van der Waals surface area contributed by atoms with E-state index in [-0.39, 0.29) is 23.9 Å². The molecule has 0 saturated carbocycles. The van der Waals surface area contributed by atoms with Crippen molar-refractivity contribution in [2.24, 2.45) is 14.1 Å². The van der Waals surface area contributed by atoms with Crippen molar-refractivity contribution in [3.05, 3.63) is 64.1 Å². The van der Waals surface area contributed by atoms with E-state index in [1.165, 1.54) is 5.56 Å². The van der Waals surface area contributed by atoms with Crippen LogP contribution in [-0.2, 0) is 20.5 Å². The number of imidazole rings is 1. The van der Waals surface area contributed by atoms with Gasteiger partial charge in [0, 0.05) is 32.6 Å². The summed E-state index contributed by atoms with van der Waals surface area (Å²) in [5, 5.41) is 0. The SMILES string of the molecule is COc1ccccc1CCN(C)CCCCC(=O)c1ccc2c(c1)n(C)c(=O)n2C.Cl. The maximum atomic E-state index is 12.6. The first-order chi connectivity index (χ1) is 14.4. The highest BCUT2D eigenvalue weighted by atomic mass is 35.5. The third kappa shape index (κ3) is 5.77. The van der Waals surface area contributed by atoms with Gasteiger partial charge in [0.05, 0.1) is 18.1 Å². The van der Waals surface area contributed by atoms with Crippen molar-refractivity contribution in [1.82, 2.24) is 14.0 Å². The van der Waals surface area contributed by atoms with E-state index in [1.807, 2.05) is 36.4 Å². The van der Waals surface area contributed by atoms with Gasteiger partial charge in [-0.05, 0) is 62.7 Å². The van der Waals surface area contributed by atoms with Crippen molar-refractivity contribution < 1.29 is 9.53 Å². The molecule has 0 atom stereocenters. The van der Waals surface area contributed by atoms with Gasteiger partial charge in [-0.15, -0.1) is 12.4 Å². The minimum absolute atomic E-state index is 0. The molecule has 3 aromatic rings. The highest BCUT2D eigenvalue weighted by Crippen LogP contribution is 2.18. The number of hydrogen-bond acceptors (Lipinski definition) is 4. The third-order valence-corrected chi connectivity index (χ3v) is 5.74. The minimum Gasteiger partial charge on any atom is -0.496 e. The van der Waals surface area contributed by atoms with Crippen LogP contribution in [0.1, 0.15) is 35.2 Å². The van der Waals surface area contributed by atoms with E-state index < -0.39 is 0 Å². The maximum absolute atomic E-state index is 12.6. The largest absolute Gasteiger partial charge is 0.496 e. The Hall–Kier alpha value is -2.57. The summed E-state index contributed by atoms with van der Waals surface area (Å²) in [6.07, 6.45) is 3.28. The molecule has 0 saturated heterocycles. The first-order valence-corrected chi connectivity index (χ1v) is 10.4. The highest BCUT2D eigenvalue weighted by Gasteiger charge is 2.12. The number of para-hydroxylation sites is 1. The lowest BCUT2D eigenvalue weighted by Gasteiger charge is -2.17. The highest BCUT2D eigenvalue weighted by molar-refractivity contribution is 5.99. The number of methoxy groups -OCH3 is 1. The van der Waals surface area contributed by atoms with E-state index in [0.717, 1.165) is 49.1 Å². The molecule has 0 amide bonds. The number of ether oxygens (including phenoxy) is 1. The Morgan fingerprint density at radius 3 is 2.45 bits per heavy atom. The van der Waals surface area contributed by atoms with E-state index in [4.69, 9.17) is 4.74 Å². The normalized spacial score (nSPS) is 11.0. The van der Waals surface area contributed by atoms with Crippen LogP contribution >= 0.6 is 12.4 Å². The van der Waals surface area contributed by atoms with Gasteiger partial charge >= 0.3 is 5.69 Å². The fourth-order valence-electron chi connectivity index (χ4n) is 3.82. The van der Waals surface area contributed by atoms with Gasteiger partial charge in [-0.3, -0.25) is 13.9 Å². The average molecular weight is 446 g/mol. The van der Waals surface area contributed by atoms with Crippen LogP contribution in [-0.4, -0.2) is 47.1 Å². The number of aromatic nitrogens is 2. The lowest BCUT2D eigenvalue weighted by atomic mass is 10.0. The molecule has 3 rings (SSSR count). The monoisotopic (exact) mass is 445 g/mol. The molecule has 0 aliphatic carbocycles. The van der Waals surface area contributed by atoms with Crippen molar-refractivity contribution >= 4 is 29.2 Å². The number of aryl methyl sites for hydroxylation is 2. The Balaban J connectivity index is 0.00000341. The fraction of sp³-hybridized carbons (Fsp3) is 0.417. The van der Waals surface area contributed by atoms with Crippen LogP contribution in [0.5, 0.6) is 5.75 Å². The van der Waals surface area contributed by atoms with Crippen LogP contribution in [0.25, 0.3) is 11.0 Å². The number of hydrogen-bond donors (Lipinski definition) is 0. The molecule has 0 aliphatic rings. The molecule has 0 spiro atoms. The molecular weight excluding hydrogens is 414 g/mol. The van der Waals surface area contributed by atoms with Crippen molar-refractivity contribution in [3.63, 3.8) is 0 Å². The van der Waals surface area contributed by atoms with Crippen LogP contribution in [0.4, 0.5) is 0 Å². The van der Waals surface area contributed by atoms with Crippen LogP contribution in [0.15, 0.2) is 47.3 Å². The summed E-state index contributed by atoms with van der Waals surface area (Å²) in [4.78, 5) is 26.9. The van der Waals surface area contributed by atoms with Gasteiger partial charge in [0.1, 0.15) is 5.75 Å². The molecule has 1 aromatic heterocycles. The first kappa shape index (κ1) is 24.7.